The molecular formula is C58H54N4Si. The molecule has 0 fully saturated rings. The second-order valence-corrected chi connectivity index (χ2v) is 23.5. The predicted octanol–water partition coefficient (Wildman–Crippen LogP) is 13.7. The van der Waals surface area contributed by atoms with E-state index in [1.54, 1.807) is 0 Å². The summed E-state index contributed by atoms with van der Waals surface area (Å²) < 4.78 is 0. The minimum Gasteiger partial charge on any atom is -0.248 e. The van der Waals surface area contributed by atoms with Gasteiger partial charge in [-0.15, -0.1) is 5.54 Å². The maximum atomic E-state index is 5.59. The summed E-state index contributed by atoms with van der Waals surface area (Å²) in [5.74, 6) is 3.44. The molecule has 0 N–H and O–H groups in total. The summed E-state index contributed by atoms with van der Waals surface area (Å²) in [6, 6.07) is 22.2. The van der Waals surface area contributed by atoms with Crippen molar-refractivity contribution in [1.29, 1.82) is 0 Å². The molecule has 4 nitrogen and oxygen atoms in total. The van der Waals surface area contributed by atoms with E-state index >= 15 is 0 Å². The molecule has 310 valence electrons. The highest BCUT2D eigenvalue weighted by Crippen LogP contribution is 2.41. The lowest BCUT2D eigenvalue weighted by Crippen LogP contribution is -2.16. The van der Waals surface area contributed by atoms with Crippen LogP contribution in [0.1, 0.15) is 77.9 Å². The van der Waals surface area contributed by atoms with E-state index < -0.39 is 8.07 Å². The third-order valence-corrected chi connectivity index (χ3v) is 13.0. The van der Waals surface area contributed by atoms with Crippen LogP contribution in [0.3, 0.4) is 0 Å². The van der Waals surface area contributed by atoms with Crippen molar-refractivity contribution in [3.05, 3.63) is 210 Å². The summed E-state index contributed by atoms with van der Waals surface area (Å²) in [6.07, 6.45) is 17.3. The fraction of sp³-hybridized carbons (Fsp3) is 0.207. The molecule has 5 heterocycles. The van der Waals surface area contributed by atoms with Gasteiger partial charge < -0.3 is 0 Å². The van der Waals surface area contributed by atoms with E-state index in [1.807, 2.05) is 0 Å². The Balaban J connectivity index is 1.39. The monoisotopic (exact) mass is 834 g/mol. The molecule has 0 saturated carbocycles. The van der Waals surface area contributed by atoms with Crippen LogP contribution in [0.4, 0.5) is 0 Å². The summed E-state index contributed by atoms with van der Waals surface area (Å²) in [4.78, 5) is 22.3. The van der Waals surface area contributed by atoms with Crippen LogP contribution in [-0.2, 0) is 0 Å². The van der Waals surface area contributed by atoms with Gasteiger partial charge in [-0.2, -0.15) is 0 Å². The third kappa shape index (κ3) is 7.85. The number of aryl methyl sites for hydroxylation is 9. The van der Waals surface area contributed by atoms with E-state index in [-0.39, 0.29) is 0 Å². The first kappa shape index (κ1) is 41.6. The molecule has 4 aromatic carbocycles. The average molecular weight is 835 g/mol. The predicted molar refractivity (Wildman–Crippen MR) is 273 cm³/mol. The number of hydrogen-bond acceptors (Lipinski definition) is 4. The Hall–Kier alpha value is -6.74. The highest BCUT2D eigenvalue weighted by molar-refractivity contribution is 6.83. The third-order valence-electron chi connectivity index (χ3n) is 12.1. The van der Waals surface area contributed by atoms with Crippen LogP contribution in [0.15, 0.2) is 152 Å². The molecule has 9 rings (SSSR count). The van der Waals surface area contributed by atoms with Gasteiger partial charge in [-0.05, 0) is 179 Å². The van der Waals surface area contributed by atoms with Gasteiger partial charge in [-0.3, -0.25) is 0 Å². The quantitative estimate of drug-likeness (QED) is 0.145. The van der Waals surface area contributed by atoms with E-state index in [0.29, 0.717) is 0 Å². The molecule has 5 aliphatic heterocycles. The highest BCUT2D eigenvalue weighted by Gasteiger charge is 2.30. The molecule has 0 aromatic heterocycles. The maximum Gasteiger partial charge on any atom is 0.129 e. The largest absolute Gasteiger partial charge is 0.248 e. The lowest BCUT2D eigenvalue weighted by molar-refractivity contribution is 1.28. The Kier molecular flexibility index (Phi) is 10.5. The summed E-state index contributed by atoms with van der Waals surface area (Å²) in [5.41, 5.74) is 30.8. The van der Waals surface area contributed by atoms with Crippen molar-refractivity contribution in [2.45, 2.75) is 82.0 Å². The molecule has 5 heteroatoms. The molecule has 5 aliphatic rings. The van der Waals surface area contributed by atoms with Crippen LogP contribution in [0.2, 0.25) is 19.6 Å². The zero-order chi connectivity index (χ0) is 44.5. The summed E-state index contributed by atoms with van der Waals surface area (Å²) in [5, 5.41) is 0. The number of allylic oxidation sites excluding steroid dienone is 12. The molecule has 0 atom stereocenters. The van der Waals surface area contributed by atoms with Gasteiger partial charge in [0.05, 0.1) is 45.6 Å². The molecule has 8 bridgehead atoms. The minimum absolute atomic E-state index is 0.852. The van der Waals surface area contributed by atoms with E-state index in [0.717, 1.165) is 95.7 Å². The van der Waals surface area contributed by atoms with E-state index in [4.69, 9.17) is 20.0 Å². The lowest BCUT2D eigenvalue weighted by Gasteiger charge is -2.18. The Morgan fingerprint density at radius 1 is 0.365 bits per heavy atom. The molecule has 0 saturated heterocycles. The lowest BCUT2D eigenvalue weighted by atomic mass is 9.89. The minimum atomic E-state index is -1.55. The van der Waals surface area contributed by atoms with Gasteiger partial charge in [0.15, 0.2) is 0 Å². The Bertz CT molecular complexity index is 3070. The smallest absolute Gasteiger partial charge is 0.129 e. The number of hydrogen-bond donors (Lipinski definition) is 0. The zero-order valence-electron chi connectivity index (χ0n) is 38.7. The summed E-state index contributed by atoms with van der Waals surface area (Å²) in [7, 11) is -1.55. The molecule has 0 aliphatic carbocycles. The van der Waals surface area contributed by atoms with Crippen molar-refractivity contribution in [2.75, 3.05) is 0 Å². The Labute approximate surface area is 374 Å². The molecule has 0 unspecified atom stereocenters. The first-order valence-electron chi connectivity index (χ1n) is 22.0. The molecule has 0 amide bonds. The van der Waals surface area contributed by atoms with Crippen LogP contribution >= 0.6 is 0 Å². The summed E-state index contributed by atoms with van der Waals surface area (Å²) >= 11 is 0. The van der Waals surface area contributed by atoms with E-state index in [1.165, 1.54) is 50.1 Å². The van der Waals surface area contributed by atoms with Crippen LogP contribution in [0.5, 0.6) is 0 Å². The van der Waals surface area contributed by atoms with Crippen molar-refractivity contribution in [1.82, 2.24) is 0 Å². The second-order valence-electron chi connectivity index (χ2n) is 18.8. The normalized spacial score (nSPS) is 16.6. The fourth-order valence-electron chi connectivity index (χ4n) is 9.85. The van der Waals surface area contributed by atoms with Gasteiger partial charge in [0, 0.05) is 27.9 Å². The first-order valence-corrected chi connectivity index (χ1v) is 25.5. The van der Waals surface area contributed by atoms with Crippen molar-refractivity contribution in [3.8, 4) is 11.5 Å². The van der Waals surface area contributed by atoms with Gasteiger partial charge in [0.25, 0.3) is 0 Å². The van der Waals surface area contributed by atoms with E-state index in [9.17, 15) is 0 Å². The number of rotatable bonds is 4. The van der Waals surface area contributed by atoms with Crippen molar-refractivity contribution in [3.63, 3.8) is 0 Å². The van der Waals surface area contributed by atoms with Gasteiger partial charge in [0.2, 0.25) is 0 Å². The molecule has 63 heavy (non-hydrogen) atoms. The van der Waals surface area contributed by atoms with Crippen LogP contribution < -0.4 is 0 Å². The number of aliphatic imine (C=N–C) groups is 4. The Morgan fingerprint density at radius 2 is 0.651 bits per heavy atom. The Morgan fingerprint density at radius 3 is 0.952 bits per heavy atom. The molecule has 0 spiro atoms. The van der Waals surface area contributed by atoms with Crippen molar-refractivity contribution < 1.29 is 0 Å². The highest BCUT2D eigenvalue weighted by atomic mass is 28.3. The van der Waals surface area contributed by atoms with Crippen LogP contribution in [0.25, 0.3) is 22.3 Å². The first-order chi connectivity index (χ1) is 30.0. The van der Waals surface area contributed by atoms with Crippen molar-refractivity contribution >= 4 is 53.2 Å². The maximum absolute atomic E-state index is 5.59. The average Bonchev–Trinajstić information content (AvgIpc) is 4.04. The van der Waals surface area contributed by atoms with Gasteiger partial charge in [0.1, 0.15) is 8.07 Å². The SMILES string of the molecule is Cc1cc(C)c(C2=C3C=CC(=N3)C(c3ccc(C#C[Si](C)(C)C)cc3)=C3C=CC(=N3)C(c3c(C)cc(C)cc3C)=C3C=CC(=N3)C(c3c(C)cc(C)cc3C)=C3C=CC2=N3)c(C)c1. The molecular weight excluding hydrogens is 781 g/mol. The molecule has 4 aromatic rings. The molecule has 0 radical (unpaired) electrons. The second kappa shape index (κ2) is 15.9. The topological polar surface area (TPSA) is 49.4 Å². The number of nitrogens with zero attached hydrogens (tertiary/aromatic N) is 4. The van der Waals surface area contributed by atoms with Crippen molar-refractivity contribution in [2.24, 2.45) is 20.0 Å². The van der Waals surface area contributed by atoms with Crippen LogP contribution in [0, 0.1) is 73.8 Å². The zero-order valence-corrected chi connectivity index (χ0v) is 39.7. The summed E-state index contributed by atoms with van der Waals surface area (Å²) in [6.45, 7) is 26.5. The standard InChI is InChI=1S/C58H54N4Si/c1-33-27-36(4)52(37(5)28-33)56-46-19-17-44(59-46)55(43-15-13-42(14-16-43)25-26-63(10,11)12)45-18-20-47(60-45)57(53-38(6)29-34(2)30-39(53)7)49-22-24-51(62-49)58(50-23-21-48(56)61-50)54-40(8)31-35(3)32-41(54)9/h13-24,27-32H,1-12H3. The van der Waals surface area contributed by atoms with Gasteiger partial charge in [-0.1, -0.05) is 90.8 Å². The fourth-order valence-corrected chi connectivity index (χ4v) is 10.4. The number of benzene rings is 4. The van der Waals surface area contributed by atoms with Gasteiger partial charge >= 0.3 is 0 Å². The van der Waals surface area contributed by atoms with Crippen LogP contribution in [-0.4, -0.2) is 30.9 Å². The van der Waals surface area contributed by atoms with Gasteiger partial charge in [-0.25, -0.2) is 20.0 Å². The number of fused-ring (bicyclic) bond motifs is 4. The van der Waals surface area contributed by atoms with E-state index in [2.05, 4.69) is 203 Å².